The van der Waals surface area contributed by atoms with Crippen LogP contribution in [-0.4, -0.2) is 25.0 Å². The minimum absolute atomic E-state index is 0.0831. The first-order chi connectivity index (χ1) is 12.1. The van der Waals surface area contributed by atoms with Crippen LogP contribution in [0.5, 0.6) is 5.75 Å². The second-order valence-electron chi connectivity index (χ2n) is 6.16. The zero-order valence-electron chi connectivity index (χ0n) is 14.0. The number of halogens is 1. The highest BCUT2D eigenvalue weighted by Gasteiger charge is 2.21. The molecule has 1 heterocycles. The van der Waals surface area contributed by atoms with Crippen molar-refractivity contribution in [2.45, 2.75) is 25.9 Å². The van der Waals surface area contributed by atoms with E-state index in [-0.39, 0.29) is 11.9 Å². The molecule has 1 aliphatic heterocycles. The third-order valence-corrected chi connectivity index (χ3v) is 4.76. The molecular formula is C20H19ClN2O2. The molecule has 4 nitrogen and oxygen atoms in total. The van der Waals surface area contributed by atoms with Crippen molar-refractivity contribution in [3.05, 3.63) is 58.6 Å². The van der Waals surface area contributed by atoms with E-state index < -0.39 is 0 Å². The van der Waals surface area contributed by atoms with Gasteiger partial charge in [0, 0.05) is 43.2 Å². The van der Waals surface area contributed by atoms with E-state index in [4.69, 9.17) is 21.6 Å². The molecule has 0 unspecified atom stereocenters. The van der Waals surface area contributed by atoms with Gasteiger partial charge >= 0.3 is 0 Å². The van der Waals surface area contributed by atoms with E-state index in [0.717, 1.165) is 37.2 Å². The lowest BCUT2D eigenvalue weighted by Crippen LogP contribution is -2.38. The van der Waals surface area contributed by atoms with Crippen LogP contribution < -0.4 is 9.64 Å². The van der Waals surface area contributed by atoms with Gasteiger partial charge in [0.05, 0.1) is 10.6 Å². The monoisotopic (exact) mass is 354 g/mol. The van der Waals surface area contributed by atoms with Gasteiger partial charge in [-0.2, -0.15) is 5.26 Å². The number of ether oxygens (including phenoxy) is 1. The van der Waals surface area contributed by atoms with Crippen LogP contribution in [0.4, 0.5) is 5.69 Å². The molecule has 2 aromatic carbocycles. The molecule has 5 heteroatoms. The van der Waals surface area contributed by atoms with Crippen LogP contribution in [0.3, 0.4) is 0 Å². The number of hydrogen-bond acceptors (Lipinski definition) is 4. The average Bonchev–Trinajstić information content (AvgIpc) is 2.63. The third kappa shape index (κ3) is 4.12. The van der Waals surface area contributed by atoms with Crippen molar-refractivity contribution in [1.82, 2.24) is 0 Å². The standard InChI is InChI=1S/C20H19ClN2O2/c1-14(24)15-2-5-17(6-3-15)23-10-8-18(9-11-23)25-19-7-4-16(13-22)20(21)12-19/h2-7,12,18H,8-11H2,1H3. The van der Waals surface area contributed by atoms with E-state index in [1.165, 1.54) is 0 Å². The number of nitriles is 1. The first-order valence-corrected chi connectivity index (χ1v) is 8.67. The van der Waals surface area contributed by atoms with Gasteiger partial charge in [-0.05, 0) is 43.3 Å². The largest absolute Gasteiger partial charge is 0.490 e. The van der Waals surface area contributed by atoms with E-state index in [9.17, 15) is 4.79 Å². The summed E-state index contributed by atoms with van der Waals surface area (Å²) in [4.78, 5) is 13.7. The van der Waals surface area contributed by atoms with Crippen molar-refractivity contribution < 1.29 is 9.53 Å². The molecule has 0 amide bonds. The maximum absolute atomic E-state index is 11.4. The Morgan fingerprint density at radius 1 is 1.20 bits per heavy atom. The summed E-state index contributed by atoms with van der Waals surface area (Å²) in [7, 11) is 0. The third-order valence-electron chi connectivity index (χ3n) is 4.44. The van der Waals surface area contributed by atoms with Crippen LogP contribution in [0.25, 0.3) is 0 Å². The van der Waals surface area contributed by atoms with Gasteiger partial charge in [0.15, 0.2) is 5.78 Å². The number of benzene rings is 2. The fraction of sp³-hybridized carbons (Fsp3) is 0.300. The maximum Gasteiger partial charge on any atom is 0.159 e. The Morgan fingerprint density at radius 2 is 1.88 bits per heavy atom. The molecule has 0 spiro atoms. The maximum atomic E-state index is 11.4. The number of hydrogen-bond donors (Lipinski definition) is 0. The molecule has 25 heavy (non-hydrogen) atoms. The Labute approximate surface area is 152 Å². The second kappa shape index (κ2) is 7.58. The quantitative estimate of drug-likeness (QED) is 0.760. The highest BCUT2D eigenvalue weighted by atomic mass is 35.5. The Kier molecular flexibility index (Phi) is 5.25. The van der Waals surface area contributed by atoms with Gasteiger partial charge in [-0.25, -0.2) is 0 Å². The predicted octanol–water partition coefficient (Wildman–Crippen LogP) is 4.46. The van der Waals surface area contributed by atoms with Gasteiger partial charge in [0.2, 0.25) is 0 Å². The molecule has 0 aliphatic carbocycles. The molecule has 0 saturated carbocycles. The van der Waals surface area contributed by atoms with Crippen LogP contribution in [-0.2, 0) is 0 Å². The van der Waals surface area contributed by atoms with Gasteiger partial charge in [-0.15, -0.1) is 0 Å². The highest BCUT2D eigenvalue weighted by molar-refractivity contribution is 6.31. The van der Waals surface area contributed by atoms with Gasteiger partial charge in [0.25, 0.3) is 0 Å². The molecule has 1 saturated heterocycles. The molecule has 128 valence electrons. The number of piperidine rings is 1. The van der Waals surface area contributed by atoms with E-state index in [1.54, 1.807) is 25.1 Å². The normalized spacial score (nSPS) is 14.8. The SMILES string of the molecule is CC(=O)c1ccc(N2CCC(Oc3ccc(C#N)c(Cl)c3)CC2)cc1. The number of ketones is 1. The van der Waals surface area contributed by atoms with Gasteiger partial charge < -0.3 is 9.64 Å². The van der Waals surface area contributed by atoms with Crippen LogP contribution >= 0.6 is 11.6 Å². The molecule has 1 fully saturated rings. The number of carbonyl (C=O) groups is 1. The predicted molar refractivity (Wildman–Crippen MR) is 98.5 cm³/mol. The molecule has 0 N–H and O–H groups in total. The van der Waals surface area contributed by atoms with Crippen molar-refractivity contribution in [1.29, 1.82) is 5.26 Å². The minimum atomic E-state index is 0.0831. The van der Waals surface area contributed by atoms with E-state index in [1.807, 2.05) is 30.3 Å². The molecule has 0 aromatic heterocycles. The van der Waals surface area contributed by atoms with Gasteiger partial charge in [-0.3, -0.25) is 4.79 Å². The lowest BCUT2D eigenvalue weighted by atomic mass is 10.1. The average molecular weight is 355 g/mol. The fourth-order valence-electron chi connectivity index (χ4n) is 2.99. The Bertz CT molecular complexity index is 803. The molecule has 1 aliphatic rings. The van der Waals surface area contributed by atoms with Crippen molar-refractivity contribution >= 4 is 23.1 Å². The van der Waals surface area contributed by atoms with Gasteiger partial charge in [-0.1, -0.05) is 11.6 Å². The van der Waals surface area contributed by atoms with E-state index >= 15 is 0 Å². The second-order valence-corrected chi connectivity index (χ2v) is 6.57. The van der Waals surface area contributed by atoms with Crippen molar-refractivity contribution in [3.63, 3.8) is 0 Å². The van der Waals surface area contributed by atoms with Crippen LogP contribution in [0.15, 0.2) is 42.5 Å². The van der Waals surface area contributed by atoms with Crippen molar-refractivity contribution in [2.75, 3.05) is 18.0 Å². The van der Waals surface area contributed by atoms with E-state index in [0.29, 0.717) is 16.3 Å². The van der Waals surface area contributed by atoms with Crippen LogP contribution in [0, 0.1) is 11.3 Å². The zero-order valence-corrected chi connectivity index (χ0v) is 14.8. The minimum Gasteiger partial charge on any atom is -0.490 e. The molecule has 3 rings (SSSR count). The lowest BCUT2D eigenvalue weighted by molar-refractivity contribution is 0.101. The van der Waals surface area contributed by atoms with Crippen LogP contribution in [0.2, 0.25) is 5.02 Å². The van der Waals surface area contributed by atoms with Crippen LogP contribution in [0.1, 0.15) is 35.7 Å². The van der Waals surface area contributed by atoms with E-state index in [2.05, 4.69) is 4.90 Å². The Hall–Kier alpha value is -2.51. The summed E-state index contributed by atoms with van der Waals surface area (Å²) in [5.74, 6) is 0.785. The summed E-state index contributed by atoms with van der Waals surface area (Å²) >= 11 is 6.05. The van der Waals surface area contributed by atoms with Crippen molar-refractivity contribution in [3.8, 4) is 11.8 Å². The molecular weight excluding hydrogens is 336 g/mol. The Balaban J connectivity index is 1.57. The zero-order chi connectivity index (χ0) is 17.8. The number of Topliss-reactive ketones (excluding diaryl/α,β-unsaturated/α-hetero) is 1. The smallest absolute Gasteiger partial charge is 0.159 e. The number of anilines is 1. The lowest BCUT2D eigenvalue weighted by Gasteiger charge is -2.33. The summed E-state index contributed by atoms with van der Waals surface area (Å²) in [5, 5.41) is 9.34. The Morgan fingerprint density at radius 3 is 2.44 bits per heavy atom. The fourth-order valence-corrected chi connectivity index (χ4v) is 3.20. The number of carbonyl (C=O) groups excluding carboxylic acids is 1. The topological polar surface area (TPSA) is 53.3 Å². The summed E-state index contributed by atoms with van der Waals surface area (Å²) in [6.07, 6.45) is 1.95. The van der Waals surface area contributed by atoms with Gasteiger partial charge in [0.1, 0.15) is 17.9 Å². The molecule has 0 atom stereocenters. The molecule has 2 aromatic rings. The first-order valence-electron chi connectivity index (χ1n) is 8.29. The highest BCUT2D eigenvalue weighted by Crippen LogP contribution is 2.26. The number of nitrogens with zero attached hydrogens (tertiary/aromatic N) is 2. The summed E-state index contributed by atoms with van der Waals surface area (Å²) < 4.78 is 6.01. The summed E-state index contributed by atoms with van der Waals surface area (Å²) in [5.41, 5.74) is 2.32. The summed E-state index contributed by atoms with van der Waals surface area (Å²) in [6.45, 7) is 3.37. The summed E-state index contributed by atoms with van der Waals surface area (Å²) in [6, 6.07) is 15.0. The van der Waals surface area contributed by atoms with Crippen molar-refractivity contribution in [2.24, 2.45) is 0 Å². The molecule has 0 bridgehead atoms. The molecule has 0 radical (unpaired) electrons. The number of rotatable bonds is 4. The first kappa shape index (κ1) is 17.3.